The van der Waals surface area contributed by atoms with E-state index in [4.69, 9.17) is 0 Å². The second-order valence-electron chi connectivity index (χ2n) is 4.86. The van der Waals surface area contributed by atoms with Crippen molar-refractivity contribution in [2.75, 3.05) is 0 Å². The van der Waals surface area contributed by atoms with Crippen LogP contribution >= 0.6 is 0 Å². The molecule has 2 heterocycles. The fourth-order valence-electron chi connectivity index (χ4n) is 1.68. The summed E-state index contributed by atoms with van der Waals surface area (Å²) in [6, 6.07) is 6.40. The number of fused-ring (bicyclic) bond motifs is 1. The fraction of sp³-hybridized carbons (Fsp3) is 0.429. The van der Waals surface area contributed by atoms with Crippen LogP contribution in [0.2, 0.25) is 0 Å². The molecule has 2 rings (SSSR count). The standard InChI is InChI=1S/C14H18N2/c1-9(2)12-7-11-5-6-13(10(3)4)16-14(11)15-8-12/h5-10H,1-4H3. The van der Waals surface area contributed by atoms with Gasteiger partial charge in [-0.3, -0.25) is 0 Å². The molecule has 0 N–H and O–H groups in total. The second-order valence-corrected chi connectivity index (χ2v) is 4.86. The van der Waals surface area contributed by atoms with E-state index in [9.17, 15) is 0 Å². The molecule has 84 valence electrons. The normalized spacial score (nSPS) is 11.6. The van der Waals surface area contributed by atoms with Gasteiger partial charge in [0, 0.05) is 17.3 Å². The van der Waals surface area contributed by atoms with Crippen LogP contribution in [0.5, 0.6) is 0 Å². The predicted molar refractivity (Wildman–Crippen MR) is 67.7 cm³/mol. The van der Waals surface area contributed by atoms with E-state index in [1.54, 1.807) is 0 Å². The molecule has 0 unspecified atom stereocenters. The average Bonchev–Trinajstić information content (AvgIpc) is 2.27. The first kappa shape index (κ1) is 11.1. The summed E-state index contributed by atoms with van der Waals surface area (Å²) in [6.07, 6.45) is 1.93. The average molecular weight is 214 g/mol. The van der Waals surface area contributed by atoms with Crippen LogP contribution in [0.25, 0.3) is 11.0 Å². The van der Waals surface area contributed by atoms with Crippen molar-refractivity contribution in [3.05, 3.63) is 35.7 Å². The van der Waals surface area contributed by atoms with E-state index < -0.39 is 0 Å². The van der Waals surface area contributed by atoms with E-state index in [0.29, 0.717) is 11.8 Å². The van der Waals surface area contributed by atoms with E-state index in [-0.39, 0.29) is 0 Å². The third kappa shape index (κ3) is 2.06. The van der Waals surface area contributed by atoms with Gasteiger partial charge in [-0.05, 0) is 35.6 Å². The van der Waals surface area contributed by atoms with Crippen molar-refractivity contribution < 1.29 is 0 Å². The van der Waals surface area contributed by atoms with E-state index in [0.717, 1.165) is 16.7 Å². The van der Waals surface area contributed by atoms with Gasteiger partial charge >= 0.3 is 0 Å². The van der Waals surface area contributed by atoms with E-state index >= 15 is 0 Å². The molecule has 2 nitrogen and oxygen atoms in total. The molecule has 0 aromatic carbocycles. The molecule has 16 heavy (non-hydrogen) atoms. The number of nitrogens with zero attached hydrogens (tertiary/aromatic N) is 2. The highest BCUT2D eigenvalue weighted by Gasteiger charge is 2.05. The second kappa shape index (κ2) is 4.20. The summed E-state index contributed by atoms with van der Waals surface area (Å²) in [5.74, 6) is 0.970. The molecule has 0 amide bonds. The Morgan fingerprint density at radius 3 is 2.38 bits per heavy atom. The SMILES string of the molecule is CC(C)c1cnc2nc(C(C)C)ccc2c1. The van der Waals surface area contributed by atoms with Gasteiger partial charge in [0.1, 0.15) is 0 Å². The molecule has 0 radical (unpaired) electrons. The third-order valence-electron chi connectivity index (χ3n) is 2.84. The molecule has 0 atom stereocenters. The lowest BCUT2D eigenvalue weighted by molar-refractivity contribution is 0.825. The highest BCUT2D eigenvalue weighted by Crippen LogP contribution is 2.20. The number of hydrogen-bond acceptors (Lipinski definition) is 2. The quantitative estimate of drug-likeness (QED) is 0.758. The van der Waals surface area contributed by atoms with Crippen LogP contribution in [0.1, 0.15) is 50.8 Å². The van der Waals surface area contributed by atoms with Crippen molar-refractivity contribution in [1.82, 2.24) is 9.97 Å². The first-order chi connectivity index (χ1) is 7.58. The summed E-state index contributed by atoms with van der Waals surface area (Å²) >= 11 is 0. The van der Waals surface area contributed by atoms with Crippen LogP contribution in [0.4, 0.5) is 0 Å². The minimum Gasteiger partial charge on any atom is -0.236 e. The van der Waals surface area contributed by atoms with E-state index in [1.807, 2.05) is 6.20 Å². The Morgan fingerprint density at radius 1 is 1.00 bits per heavy atom. The summed E-state index contributed by atoms with van der Waals surface area (Å²) in [5.41, 5.74) is 3.24. The maximum absolute atomic E-state index is 4.56. The number of aromatic nitrogens is 2. The van der Waals surface area contributed by atoms with Gasteiger partial charge in [0.25, 0.3) is 0 Å². The van der Waals surface area contributed by atoms with Gasteiger partial charge < -0.3 is 0 Å². The van der Waals surface area contributed by atoms with Crippen LogP contribution in [0.3, 0.4) is 0 Å². The minimum atomic E-state index is 0.455. The monoisotopic (exact) mass is 214 g/mol. The topological polar surface area (TPSA) is 25.8 Å². The minimum absolute atomic E-state index is 0.455. The predicted octanol–water partition coefficient (Wildman–Crippen LogP) is 3.88. The Labute approximate surface area is 96.7 Å². The summed E-state index contributed by atoms with van der Waals surface area (Å²) in [6.45, 7) is 8.66. The fourth-order valence-corrected chi connectivity index (χ4v) is 1.68. The summed E-state index contributed by atoms with van der Waals surface area (Å²) in [4.78, 5) is 9.00. The molecular weight excluding hydrogens is 196 g/mol. The molecule has 2 heteroatoms. The highest BCUT2D eigenvalue weighted by atomic mass is 14.8. The molecule has 0 bridgehead atoms. The largest absolute Gasteiger partial charge is 0.236 e. The van der Waals surface area contributed by atoms with Crippen molar-refractivity contribution in [2.45, 2.75) is 39.5 Å². The number of pyridine rings is 2. The molecule has 2 aromatic rings. The summed E-state index contributed by atoms with van der Waals surface area (Å²) < 4.78 is 0. The van der Waals surface area contributed by atoms with Crippen LogP contribution in [-0.4, -0.2) is 9.97 Å². The van der Waals surface area contributed by atoms with Crippen LogP contribution in [-0.2, 0) is 0 Å². The van der Waals surface area contributed by atoms with Gasteiger partial charge in [0.05, 0.1) is 0 Å². The van der Waals surface area contributed by atoms with E-state index in [2.05, 4.69) is 55.9 Å². The Balaban J connectivity index is 2.53. The zero-order valence-corrected chi connectivity index (χ0v) is 10.4. The van der Waals surface area contributed by atoms with Crippen molar-refractivity contribution in [2.24, 2.45) is 0 Å². The van der Waals surface area contributed by atoms with Crippen molar-refractivity contribution in [3.8, 4) is 0 Å². The Kier molecular flexibility index (Phi) is 2.90. The maximum atomic E-state index is 4.56. The maximum Gasteiger partial charge on any atom is 0.159 e. The number of rotatable bonds is 2. The smallest absolute Gasteiger partial charge is 0.159 e. The highest BCUT2D eigenvalue weighted by molar-refractivity contribution is 5.75. The van der Waals surface area contributed by atoms with Crippen molar-refractivity contribution >= 4 is 11.0 Å². The molecule has 2 aromatic heterocycles. The van der Waals surface area contributed by atoms with Crippen LogP contribution < -0.4 is 0 Å². The van der Waals surface area contributed by atoms with Gasteiger partial charge in [-0.15, -0.1) is 0 Å². The zero-order valence-electron chi connectivity index (χ0n) is 10.4. The molecule has 0 aliphatic heterocycles. The molecule has 0 spiro atoms. The van der Waals surface area contributed by atoms with Gasteiger partial charge in [-0.1, -0.05) is 27.7 Å². The first-order valence-electron chi connectivity index (χ1n) is 5.84. The zero-order chi connectivity index (χ0) is 11.7. The molecule has 0 fully saturated rings. The van der Waals surface area contributed by atoms with Crippen LogP contribution in [0.15, 0.2) is 24.4 Å². The van der Waals surface area contributed by atoms with Crippen LogP contribution in [0, 0.1) is 0 Å². The molecule has 0 saturated heterocycles. The number of hydrogen-bond donors (Lipinski definition) is 0. The van der Waals surface area contributed by atoms with Gasteiger partial charge in [-0.2, -0.15) is 0 Å². The lowest BCUT2D eigenvalue weighted by Gasteiger charge is -2.08. The van der Waals surface area contributed by atoms with Gasteiger partial charge in [0.2, 0.25) is 0 Å². The molecule has 0 saturated carbocycles. The Morgan fingerprint density at radius 2 is 1.75 bits per heavy atom. The first-order valence-corrected chi connectivity index (χ1v) is 5.84. The van der Waals surface area contributed by atoms with Crippen molar-refractivity contribution in [3.63, 3.8) is 0 Å². The summed E-state index contributed by atoms with van der Waals surface area (Å²) in [7, 11) is 0. The molecule has 0 aliphatic rings. The molecule has 0 aliphatic carbocycles. The van der Waals surface area contributed by atoms with Gasteiger partial charge in [-0.25, -0.2) is 9.97 Å². The summed E-state index contributed by atoms with van der Waals surface area (Å²) in [5, 5.41) is 1.13. The van der Waals surface area contributed by atoms with Crippen molar-refractivity contribution in [1.29, 1.82) is 0 Å². The lowest BCUT2D eigenvalue weighted by atomic mass is 10.0. The lowest BCUT2D eigenvalue weighted by Crippen LogP contribution is -1.96. The Bertz CT molecular complexity index is 454. The van der Waals surface area contributed by atoms with E-state index in [1.165, 1.54) is 5.56 Å². The molecular formula is C14H18N2. The Hall–Kier alpha value is -1.44. The van der Waals surface area contributed by atoms with Gasteiger partial charge in [0.15, 0.2) is 5.65 Å². The third-order valence-corrected chi connectivity index (χ3v) is 2.84.